The molecule has 2 aromatic rings. The van der Waals surface area contributed by atoms with Crippen molar-refractivity contribution >= 4 is 0 Å². The Kier molecular flexibility index (Phi) is 4.38. The first-order valence-corrected chi connectivity index (χ1v) is 6.85. The lowest BCUT2D eigenvalue weighted by atomic mass is 10.1. The average molecular weight is 258 g/mol. The van der Waals surface area contributed by atoms with Crippen LogP contribution in [0.15, 0.2) is 28.7 Å². The highest BCUT2D eigenvalue weighted by molar-refractivity contribution is 5.24. The van der Waals surface area contributed by atoms with Gasteiger partial charge in [0.05, 0.1) is 12.2 Å². The minimum atomic E-state index is 0.290. The smallest absolute Gasteiger partial charge is 0.208 e. The van der Waals surface area contributed by atoms with Crippen molar-refractivity contribution in [1.29, 1.82) is 0 Å². The maximum atomic E-state index is 5.56. The van der Waals surface area contributed by atoms with Crippen molar-refractivity contribution in [2.45, 2.75) is 46.7 Å². The zero-order chi connectivity index (χ0) is 13.8. The van der Waals surface area contributed by atoms with Gasteiger partial charge in [-0.15, -0.1) is 0 Å². The Bertz CT molecular complexity index is 509. The van der Waals surface area contributed by atoms with Gasteiger partial charge < -0.3 is 9.73 Å². The number of hydrogen-bond acceptors (Lipinski definition) is 3. The van der Waals surface area contributed by atoms with E-state index in [0.717, 1.165) is 23.8 Å². The van der Waals surface area contributed by atoms with Gasteiger partial charge in [0.25, 0.3) is 0 Å². The Balaban J connectivity index is 1.94. The number of nitrogens with one attached hydrogen (secondary N) is 1. The van der Waals surface area contributed by atoms with E-state index < -0.39 is 0 Å². The van der Waals surface area contributed by atoms with E-state index in [1.807, 2.05) is 13.8 Å². The molecule has 0 aliphatic rings. The van der Waals surface area contributed by atoms with Crippen LogP contribution >= 0.6 is 0 Å². The van der Waals surface area contributed by atoms with Gasteiger partial charge in [-0.1, -0.05) is 31.2 Å². The van der Waals surface area contributed by atoms with Gasteiger partial charge in [0.15, 0.2) is 0 Å². The van der Waals surface area contributed by atoms with Crippen molar-refractivity contribution in [2.24, 2.45) is 0 Å². The summed E-state index contributed by atoms with van der Waals surface area (Å²) in [6.07, 6.45) is 1.08. The molecule has 3 nitrogen and oxygen atoms in total. The largest absolute Gasteiger partial charge is 0.444 e. The fourth-order valence-electron chi connectivity index (χ4n) is 2.02. The summed E-state index contributed by atoms with van der Waals surface area (Å²) in [6.45, 7) is 8.90. The number of nitrogens with zero attached hydrogens (tertiary/aromatic N) is 1. The molecule has 3 heteroatoms. The summed E-state index contributed by atoms with van der Waals surface area (Å²) in [4.78, 5) is 4.37. The summed E-state index contributed by atoms with van der Waals surface area (Å²) < 4.78 is 5.56. The van der Waals surface area contributed by atoms with Gasteiger partial charge in [-0.05, 0) is 38.3 Å². The third-order valence-electron chi connectivity index (χ3n) is 3.52. The second kappa shape index (κ2) is 6.02. The van der Waals surface area contributed by atoms with Crippen molar-refractivity contribution in [3.8, 4) is 0 Å². The molecule has 0 radical (unpaired) electrons. The molecule has 0 fully saturated rings. The Morgan fingerprint density at radius 3 is 2.42 bits per heavy atom. The summed E-state index contributed by atoms with van der Waals surface area (Å²) in [5.41, 5.74) is 3.63. The first kappa shape index (κ1) is 13.8. The first-order valence-electron chi connectivity index (χ1n) is 6.85. The van der Waals surface area contributed by atoms with Crippen LogP contribution in [0.2, 0.25) is 0 Å². The van der Waals surface area contributed by atoms with Crippen LogP contribution in [0.3, 0.4) is 0 Å². The van der Waals surface area contributed by atoms with Gasteiger partial charge >= 0.3 is 0 Å². The SMILES string of the molecule is CCc1ccc([C@H](C)NCc2nc(C)c(C)o2)cc1. The number of aromatic nitrogens is 1. The highest BCUT2D eigenvalue weighted by atomic mass is 16.4. The summed E-state index contributed by atoms with van der Waals surface area (Å²) in [6, 6.07) is 9.03. The van der Waals surface area contributed by atoms with Crippen molar-refractivity contribution in [2.75, 3.05) is 0 Å². The Morgan fingerprint density at radius 2 is 1.89 bits per heavy atom. The molecule has 1 aromatic heterocycles. The molecule has 19 heavy (non-hydrogen) atoms. The molecule has 1 heterocycles. The molecule has 0 saturated heterocycles. The number of hydrogen-bond donors (Lipinski definition) is 1. The van der Waals surface area contributed by atoms with Gasteiger partial charge in [0.1, 0.15) is 5.76 Å². The lowest BCUT2D eigenvalue weighted by Gasteiger charge is -2.13. The van der Waals surface area contributed by atoms with E-state index in [9.17, 15) is 0 Å². The summed E-state index contributed by atoms with van der Waals surface area (Å²) in [7, 11) is 0. The molecule has 1 N–H and O–H groups in total. The lowest BCUT2D eigenvalue weighted by molar-refractivity contribution is 0.432. The third-order valence-corrected chi connectivity index (χ3v) is 3.52. The minimum Gasteiger partial charge on any atom is -0.444 e. The predicted molar refractivity (Wildman–Crippen MR) is 77.1 cm³/mol. The molecule has 102 valence electrons. The average Bonchev–Trinajstić information content (AvgIpc) is 2.75. The maximum Gasteiger partial charge on any atom is 0.208 e. The van der Waals surface area contributed by atoms with Crippen LogP contribution in [0.25, 0.3) is 0 Å². The molecule has 1 aromatic carbocycles. The monoisotopic (exact) mass is 258 g/mol. The Morgan fingerprint density at radius 1 is 1.21 bits per heavy atom. The molecule has 1 atom stereocenters. The molecule has 0 unspecified atom stereocenters. The van der Waals surface area contributed by atoms with Gasteiger partial charge in [-0.3, -0.25) is 0 Å². The zero-order valence-corrected chi connectivity index (χ0v) is 12.2. The predicted octanol–water partition coefficient (Wildman–Crippen LogP) is 3.70. The molecule has 2 rings (SSSR count). The number of benzene rings is 1. The highest BCUT2D eigenvalue weighted by Crippen LogP contribution is 2.15. The van der Waals surface area contributed by atoms with Gasteiger partial charge in [0.2, 0.25) is 5.89 Å². The fourth-order valence-corrected chi connectivity index (χ4v) is 2.02. The highest BCUT2D eigenvalue weighted by Gasteiger charge is 2.08. The molecule has 0 aliphatic carbocycles. The molecular weight excluding hydrogens is 236 g/mol. The fraction of sp³-hybridized carbons (Fsp3) is 0.438. The quantitative estimate of drug-likeness (QED) is 0.888. The first-order chi connectivity index (χ1) is 9.10. The second-order valence-corrected chi connectivity index (χ2v) is 4.95. The normalized spacial score (nSPS) is 12.6. The molecule has 0 spiro atoms. The van der Waals surface area contributed by atoms with E-state index >= 15 is 0 Å². The summed E-state index contributed by atoms with van der Waals surface area (Å²) in [5, 5.41) is 3.44. The van der Waals surface area contributed by atoms with E-state index in [2.05, 4.69) is 48.4 Å². The van der Waals surface area contributed by atoms with Crippen molar-refractivity contribution in [3.63, 3.8) is 0 Å². The standard InChI is InChI=1S/C16H22N2O/c1-5-14-6-8-15(9-7-14)12(3)17-10-16-18-11(2)13(4)19-16/h6-9,12,17H,5,10H2,1-4H3/t12-/m0/s1. The van der Waals surface area contributed by atoms with Crippen LogP contribution in [0.5, 0.6) is 0 Å². The third kappa shape index (κ3) is 3.44. The van der Waals surface area contributed by atoms with Crippen LogP contribution in [0.1, 0.15) is 48.4 Å². The molecule has 0 aliphatic heterocycles. The molecule has 0 saturated carbocycles. The van der Waals surface area contributed by atoms with Crippen molar-refractivity contribution in [1.82, 2.24) is 10.3 Å². The van der Waals surface area contributed by atoms with E-state index in [4.69, 9.17) is 4.42 Å². The summed E-state index contributed by atoms with van der Waals surface area (Å²) >= 11 is 0. The molecule has 0 amide bonds. The van der Waals surface area contributed by atoms with Crippen LogP contribution < -0.4 is 5.32 Å². The lowest BCUT2D eigenvalue weighted by Crippen LogP contribution is -2.18. The van der Waals surface area contributed by atoms with Gasteiger partial charge in [-0.25, -0.2) is 4.98 Å². The topological polar surface area (TPSA) is 38.1 Å². The van der Waals surface area contributed by atoms with Gasteiger partial charge in [0, 0.05) is 6.04 Å². The van der Waals surface area contributed by atoms with E-state index in [1.54, 1.807) is 0 Å². The zero-order valence-electron chi connectivity index (χ0n) is 12.2. The number of aryl methyl sites for hydroxylation is 3. The van der Waals surface area contributed by atoms with Crippen LogP contribution in [-0.4, -0.2) is 4.98 Å². The van der Waals surface area contributed by atoms with E-state index in [1.165, 1.54) is 11.1 Å². The second-order valence-electron chi connectivity index (χ2n) is 4.95. The maximum absolute atomic E-state index is 5.56. The molecule has 0 bridgehead atoms. The van der Waals surface area contributed by atoms with Crippen LogP contribution in [0.4, 0.5) is 0 Å². The van der Waals surface area contributed by atoms with Crippen LogP contribution in [-0.2, 0) is 13.0 Å². The molecular formula is C16H22N2O. The minimum absolute atomic E-state index is 0.290. The summed E-state index contributed by atoms with van der Waals surface area (Å²) in [5.74, 6) is 1.66. The van der Waals surface area contributed by atoms with E-state index in [-0.39, 0.29) is 0 Å². The Labute approximate surface area is 115 Å². The van der Waals surface area contributed by atoms with Crippen molar-refractivity contribution in [3.05, 3.63) is 52.7 Å². The van der Waals surface area contributed by atoms with Crippen molar-refractivity contribution < 1.29 is 4.42 Å². The van der Waals surface area contributed by atoms with Gasteiger partial charge in [-0.2, -0.15) is 0 Å². The van der Waals surface area contributed by atoms with E-state index in [0.29, 0.717) is 12.6 Å². The van der Waals surface area contributed by atoms with Crippen LogP contribution in [0, 0.1) is 13.8 Å². The number of oxazole rings is 1. The number of rotatable bonds is 5. The Hall–Kier alpha value is -1.61.